The second-order valence-corrected chi connectivity index (χ2v) is 10.8. The Morgan fingerprint density at radius 2 is 1.91 bits per heavy atom. The smallest absolute Gasteiger partial charge is 0.273 e. The monoisotopic (exact) mass is 586 g/mol. The standard InChI is InChI=1S/C30H34N8O5/c1-18(2)24-30-36-23(17-43-30)27(40)32-12-7-6-11-21(34-26(39)20-16-33-38-14-8-13-31-25(20)38)28(41)35-22(29(42)37-24)15-19-9-4-3-5-10-19/h3-5,8-10,13-14,16-18,21-22,24H,6-7,11-12,15H2,1-2H3,(H,32,40)(H,34,39)(H,35,41)(H,37,42)/t21-,22-,24-/m0/s1. The van der Waals surface area contributed by atoms with Gasteiger partial charge in [-0.3, -0.25) is 19.2 Å². The van der Waals surface area contributed by atoms with Gasteiger partial charge in [-0.2, -0.15) is 5.10 Å². The largest absolute Gasteiger partial charge is 0.446 e. The summed E-state index contributed by atoms with van der Waals surface area (Å²) in [4.78, 5) is 62.0. The predicted molar refractivity (Wildman–Crippen MR) is 155 cm³/mol. The second-order valence-electron chi connectivity index (χ2n) is 10.8. The van der Waals surface area contributed by atoms with E-state index in [9.17, 15) is 19.2 Å². The first-order valence-electron chi connectivity index (χ1n) is 14.3. The molecule has 13 nitrogen and oxygen atoms in total. The van der Waals surface area contributed by atoms with Crippen molar-refractivity contribution in [2.75, 3.05) is 6.54 Å². The molecule has 3 aromatic heterocycles. The molecule has 5 rings (SSSR count). The summed E-state index contributed by atoms with van der Waals surface area (Å²) in [5.74, 6) is -1.83. The van der Waals surface area contributed by atoms with E-state index >= 15 is 0 Å². The van der Waals surface area contributed by atoms with E-state index in [0.717, 1.165) is 5.56 Å². The van der Waals surface area contributed by atoms with Crippen LogP contribution in [0.2, 0.25) is 0 Å². The van der Waals surface area contributed by atoms with Gasteiger partial charge in [0.25, 0.3) is 11.8 Å². The molecule has 0 aliphatic carbocycles. The number of nitrogens with zero attached hydrogens (tertiary/aromatic N) is 4. The van der Waals surface area contributed by atoms with Crippen molar-refractivity contribution < 1.29 is 23.6 Å². The zero-order valence-electron chi connectivity index (χ0n) is 23.9. The number of aromatic nitrogens is 4. The van der Waals surface area contributed by atoms with E-state index in [4.69, 9.17) is 4.42 Å². The first-order valence-corrected chi connectivity index (χ1v) is 14.3. The van der Waals surface area contributed by atoms with E-state index in [-0.39, 0.29) is 35.9 Å². The lowest BCUT2D eigenvalue weighted by molar-refractivity contribution is -0.130. The Bertz CT molecular complexity index is 1600. The Morgan fingerprint density at radius 1 is 1.09 bits per heavy atom. The van der Waals surface area contributed by atoms with Gasteiger partial charge in [-0.05, 0) is 36.8 Å². The highest BCUT2D eigenvalue weighted by molar-refractivity contribution is 6.02. The Balaban J connectivity index is 1.43. The number of rotatable bonds is 5. The molecule has 0 saturated heterocycles. The van der Waals surface area contributed by atoms with E-state index in [1.807, 2.05) is 44.2 Å². The molecular weight excluding hydrogens is 552 g/mol. The molecule has 0 radical (unpaired) electrons. The van der Waals surface area contributed by atoms with Gasteiger partial charge in [0.1, 0.15) is 30.0 Å². The van der Waals surface area contributed by atoms with Gasteiger partial charge in [-0.15, -0.1) is 0 Å². The zero-order chi connectivity index (χ0) is 30.3. The third-order valence-electron chi connectivity index (χ3n) is 7.25. The molecule has 0 unspecified atom stereocenters. The van der Waals surface area contributed by atoms with Gasteiger partial charge in [0.2, 0.25) is 17.7 Å². The molecule has 0 saturated carbocycles. The quantitative estimate of drug-likeness (QED) is 0.275. The van der Waals surface area contributed by atoms with Gasteiger partial charge in [-0.1, -0.05) is 44.2 Å². The topological polar surface area (TPSA) is 173 Å². The van der Waals surface area contributed by atoms with Gasteiger partial charge in [0, 0.05) is 25.4 Å². The third-order valence-corrected chi connectivity index (χ3v) is 7.25. The SMILES string of the molecule is CC(C)[C@@H]1NC(=O)[C@H](Cc2ccccc2)NC(=O)[C@@H](NC(=O)c2cnn3cccnc23)CCCCNC(=O)c2coc1n2. The molecule has 0 fully saturated rings. The Morgan fingerprint density at radius 3 is 2.70 bits per heavy atom. The highest BCUT2D eigenvalue weighted by Gasteiger charge is 2.32. The number of nitrogens with one attached hydrogen (secondary N) is 4. The Hall–Kier alpha value is -5.07. The molecule has 2 bridgehead atoms. The van der Waals surface area contributed by atoms with Gasteiger partial charge < -0.3 is 25.7 Å². The summed E-state index contributed by atoms with van der Waals surface area (Å²) in [6.45, 7) is 4.11. The van der Waals surface area contributed by atoms with Crippen LogP contribution in [0, 0.1) is 5.92 Å². The molecule has 4 amide bonds. The van der Waals surface area contributed by atoms with Gasteiger partial charge >= 0.3 is 0 Å². The van der Waals surface area contributed by atoms with Crippen molar-refractivity contribution in [2.24, 2.45) is 5.92 Å². The summed E-state index contributed by atoms with van der Waals surface area (Å²) in [5.41, 5.74) is 1.52. The summed E-state index contributed by atoms with van der Waals surface area (Å²) < 4.78 is 7.07. The predicted octanol–water partition coefficient (Wildman–Crippen LogP) is 1.97. The minimum atomic E-state index is -0.972. The molecule has 13 heteroatoms. The number of fused-ring (bicyclic) bond motifs is 3. The molecule has 0 spiro atoms. The summed E-state index contributed by atoms with van der Waals surface area (Å²) >= 11 is 0. The van der Waals surface area contributed by atoms with Crippen LogP contribution < -0.4 is 21.3 Å². The van der Waals surface area contributed by atoms with Crippen molar-refractivity contribution in [2.45, 2.75) is 57.7 Å². The molecule has 43 heavy (non-hydrogen) atoms. The van der Waals surface area contributed by atoms with Gasteiger partial charge in [0.15, 0.2) is 11.3 Å². The Kier molecular flexibility index (Phi) is 9.08. The first-order chi connectivity index (χ1) is 20.8. The summed E-state index contributed by atoms with van der Waals surface area (Å²) in [7, 11) is 0. The summed E-state index contributed by atoms with van der Waals surface area (Å²) in [6.07, 6.45) is 7.40. The molecule has 1 aliphatic heterocycles. The maximum absolute atomic E-state index is 13.7. The van der Waals surface area contributed by atoms with Crippen LogP contribution in [0.15, 0.2) is 65.7 Å². The van der Waals surface area contributed by atoms with Crippen LogP contribution >= 0.6 is 0 Å². The van der Waals surface area contributed by atoms with Crippen LogP contribution in [0.5, 0.6) is 0 Å². The molecule has 224 valence electrons. The summed E-state index contributed by atoms with van der Waals surface area (Å²) in [5, 5.41) is 15.6. The third kappa shape index (κ3) is 7.05. The van der Waals surface area contributed by atoms with E-state index in [1.54, 1.807) is 18.5 Å². The maximum atomic E-state index is 13.7. The average Bonchev–Trinajstić information content (AvgIpc) is 3.66. The lowest BCUT2D eigenvalue weighted by atomic mass is 10.0. The van der Waals surface area contributed by atoms with E-state index in [1.165, 1.54) is 17.0 Å². The minimum Gasteiger partial charge on any atom is -0.446 e. The van der Waals surface area contributed by atoms with Gasteiger partial charge in [-0.25, -0.2) is 14.5 Å². The number of carbonyl (C=O) groups excluding carboxylic acids is 4. The fourth-order valence-corrected chi connectivity index (χ4v) is 4.89. The van der Waals surface area contributed by atoms with Crippen molar-refractivity contribution >= 4 is 29.3 Å². The van der Waals surface area contributed by atoms with E-state index < -0.39 is 41.8 Å². The Labute approximate surface area is 247 Å². The average molecular weight is 587 g/mol. The van der Waals surface area contributed by atoms with Gasteiger partial charge in [0.05, 0.1) is 6.20 Å². The minimum absolute atomic E-state index is 0.114. The molecular formula is C30H34N8O5. The molecule has 4 aromatic rings. The lowest BCUT2D eigenvalue weighted by Crippen LogP contribution is -2.55. The van der Waals surface area contributed by atoms with Crippen molar-refractivity contribution in [3.8, 4) is 0 Å². The fourth-order valence-electron chi connectivity index (χ4n) is 4.89. The van der Waals surface area contributed by atoms with Crippen molar-refractivity contribution in [1.29, 1.82) is 0 Å². The summed E-state index contributed by atoms with van der Waals surface area (Å²) in [6, 6.07) is 8.42. The van der Waals surface area contributed by atoms with Crippen LogP contribution in [0.3, 0.4) is 0 Å². The van der Waals surface area contributed by atoms with Crippen molar-refractivity contribution in [3.63, 3.8) is 0 Å². The zero-order valence-corrected chi connectivity index (χ0v) is 23.9. The molecule has 1 aliphatic rings. The van der Waals surface area contributed by atoms with Crippen LogP contribution in [-0.4, -0.2) is 61.8 Å². The van der Waals surface area contributed by atoms with Crippen LogP contribution in [0.4, 0.5) is 0 Å². The number of amides is 4. The number of oxazole rings is 1. The maximum Gasteiger partial charge on any atom is 0.273 e. The van der Waals surface area contributed by atoms with Crippen LogP contribution in [0.25, 0.3) is 5.65 Å². The normalized spacial score (nSPS) is 20.3. The van der Waals surface area contributed by atoms with E-state index in [2.05, 4.69) is 36.3 Å². The van der Waals surface area contributed by atoms with E-state index in [0.29, 0.717) is 25.0 Å². The first kappa shape index (κ1) is 29.4. The number of hydrogen-bond donors (Lipinski definition) is 4. The number of hydrogen-bond acceptors (Lipinski definition) is 8. The molecule has 3 atom stereocenters. The van der Waals surface area contributed by atoms with Crippen molar-refractivity contribution in [3.05, 3.63) is 84.0 Å². The highest BCUT2D eigenvalue weighted by atomic mass is 16.3. The van der Waals surface area contributed by atoms with Crippen LogP contribution in [0.1, 0.15) is 71.5 Å². The highest BCUT2D eigenvalue weighted by Crippen LogP contribution is 2.22. The fraction of sp³-hybridized carbons (Fsp3) is 0.367. The van der Waals surface area contributed by atoms with Crippen molar-refractivity contribution in [1.82, 2.24) is 40.8 Å². The second kappa shape index (κ2) is 13.3. The lowest BCUT2D eigenvalue weighted by Gasteiger charge is -2.26. The molecule has 4 heterocycles. The molecule has 1 aromatic carbocycles. The molecule has 4 N–H and O–H groups in total. The number of benzene rings is 1. The number of carbonyl (C=O) groups is 4. The van der Waals surface area contributed by atoms with Crippen LogP contribution in [-0.2, 0) is 16.0 Å².